The molecule has 2 aromatic rings. The molecule has 6 heteroatoms. The van der Waals surface area contributed by atoms with Crippen LogP contribution in [0.2, 0.25) is 0 Å². The van der Waals surface area contributed by atoms with E-state index in [9.17, 15) is 14.0 Å². The van der Waals surface area contributed by atoms with Gasteiger partial charge in [0.05, 0.1) is 22.9 Å². The first-order valence-electron chi connectivity index (χ1n) is 8.25. The van der Waals surface area contributed by atoms with Gasteiger partial charge in [0.25, 0.3) is 5.56 Å². The Kier molecular flexibility index (Phi) is 3.65. The number of rotatable bonds is 3. The van der Waals surface area contributed by atoms with Crippen LogP contribution in [0.3, 0.4) is 0 Å². The summed E-state index contributed by atoms with van der Waals surface area (Å²) >= 11 is 0. The predicted octanol–water partition coefficient (Wildman–Crippen LogP) is 2.28. The Morgan fingerprint density at radius 3 is 2.84 bits per heavy atom. The number of fused-ring (bicyclic) bond motifs is 4. The quantitative estimate of drug-likeness (QED) is 0.861. The van der Waals surface area contributed by atoms with Crippen LogP contribution < -0.4 is 5.56 Å². The summed E-state index contributed by atoms with van der Waals surface area (Å²) in [6.45, 7) is 0.876. The van der Waals surface area contributed by atoms with Crippen molar-refractivity contribution in [1.29, 1.82) is 0 Å². The van der Waals surface area contributed by atoms with E-state index in [1.54, 1.807) is 12.1 Å². The Hall–Kier alpha value is -2.60. The van der Waals surface area contributed by atoms with Crippen LogP contribution in [0.1, 0.15) is 22.2 Å². The summed E-state index contributed by atoms with van der Waals surface area (Å²) in [5.41, 5.74) is 1.31. The molecule has 1 aliphatic carbocycles. The van der Waals surface area contributed by atoms with Crippen LogP contribution in [0, 0.1) is 5.92 Å². The third-order valence-electron chi connectivity index (χ3n) is 4.79. The first-order valence-corrected chi connectivity index (χ1v) is 8.25. The number of ketones is 1. The third-order valence-corrected chi connectivity index (χ3v) is 4.79. The summed E-state index contributed by atoms with van der Waals surface area (Å²) in [5.74, 6) is -1.33. The lowest BCUT2D eigenvalue weighted by Gasteiger charge is -2.16. The number of Topliss-reactive ketones (excluding diaryl/α,β-unsaturated/α-hetero) is 1. The summed E-state index contributed by atoms with van der Waals surface area (Å²) in [6, 6.07) is 5.07. The Labute approximate surface area is 144 Å². The van der Waals surface area contributed by atoms with Crippen molar-refractivity contribution < 1.29 is 9.18 Å². The third kappa shape index (κ3) is 2.53. The molecule has 1 aromatic carbocycles. The smallest absolute Gasteiger partial charge is 0.262 e. The van der Waals surface area contributed by atoms with E-state index >= 15 is 0 Å². The number of hydrogen-bond donors (Lipinski definition) is 0. The zero-order valence-corrected chi connectivity index (χ0v) is 14.1. The lowest BCUT2D eigenvalue weighted by Crippen LogP contribution is -2.25. The average Bonchev–Trinajstić information content (AvgIpc) is 2.86. The Morgan fingerprint density at radius 2 is 2.08 bits per heavy atom. The van der Waals surface area contributed by atoms with Crippen LogP contribution in [0.4, 0.5) is 4.39 Å². The normalized spacial score (nSPS) is 21.6. The zero-order chi connectivity index (χ0) is 17.7. The molecule has 2 unspecified atom stereocenters. The SMILES string of the molecule is CN(C)CCc1ccc2nc3n(c(=O)c2c1)C1C=CC(F)=CC1C3=O. The highest BCUT2D eigenvalue weighted by atomic mass is 19.1. The molecule has 2 atom stereocenters. The van der Waals surface area contributed by atoms with Crippen LogP contribution in [0.15, 0.2) is 47.0 Å². The number of aromatic nitrogens is 2. The van der Waals surface area contributed by atoms with Crippen molar-refractivity contribution >= 4 is 16.7 Å². The summed E-state index contributed by atoms with van der Waals surface area (Å²) in [4.78, 5) is 32.0. The van der Waals surface area contributed by atoms with Crippen molar-refractivity contribution in [1.82, 2.24) is 14.5 Å². The van der Waals surface area contributed by atoms with Gasteiger partial charge in [0.2, 0.25) is 5.78 Å². The standard InChI is InChI=1S/C19H18FN3O2/c1-22(2)8-7-11-3-5-15-13(9-11)19(25)23-16-6-4-12(20)10-14(16)17(24)18(23)21-15/h3-6,9-10,14,16H,7-8H2,1-2H3. The Bertz CT molecular complexity index is 1000. The van der Waals surface area contributed by atoms with E-state index in [4.69, 9.17) is 0 Å². The van der Waals surface area contributed by atoms with E-state index in [0.29, 0.717) is 10.9 Å². The first kappa shape index (κ1) is 15.9. The number of allylic oxidation sites excluding steroid dienone is 4. The number of carbonyl (C=O) groups excluding carboxylic acids is 1. The van der Waals surface area contributed by atoms with Gasteiger partial charge in [0.1, 0.15) is 5.83 Å². The maximum absolute atomic E-state index is 13.5. The molecule has 0 radical (unpaired) electrons. The number of carbonyl (C=O) groups is 1. The van der Waals surface area contributed by atoms with Gasteiger partial charge in [-0.3, -0.25) is 14.2 Å². The largest absolute Gasteiger partial charge is 0.309 e. The molecule has 0 fully saturated rings. The maximum atomic E-state index is 13.5. The summed E-state index contributed by atoms with van der Waals surface area (Å²) in [6.07, 6.45) is 4.96. The van der Waals surface area contributed by atoms with E-state index in [-0.39, 0.29) is 17.2 Å². The molecule has 128 valence electrons. The molecular formula is C19H18FN3O2. The van der Waals surface area contributed by atoms with Crippen molar-refractivity contribution in [3.8, 4) is 0 Å². The molecule has 0 N–H and O–H groups in total. The van der Waals surface area contributed by atoms with Gasteiger partial charge in [-0.25, -0.2) is 9.37 Å². The summed E-state index contributed by atoms with van der Waals surface area (Å²) < 4.78 is 14.9. The Balaban J connectivity index is 1.85. The van der Waals surface area contributed by atoms with E-state index in [2.05, 4.69) is 9.88 Å². The molecule has 2 heterocycles. The van der Waals surface area contributed by atoms with E-state index in [1.807, 2.05) is 26.2 Å². The van der Waals surface area contributed by atoms with Crippen LogP contribution in [-0.4, -0.2) is 40.9 Å². The number of hydrogen-bond acceptors (Lipinski definition) is 4. The molecule has 4 rings (SSSR count). The van der Waals surface area contributed by atoms with Crippen LogP contribution >= 0.6 is 0 Å². The molecule has 25 heavy (non-hydrogen) atoms. The average molecular weight is 339 g/mol. The highest BCUT2D eigenvalue weighted by molar-refractivity contribution is 6.00. The number of benzene rings is 1. The van der Waals surface area contributed by atoms with Gasteiger partial charge in [0.15, 0.2) is 5.82 Å². The van der Waals surface area contributed by atoms with E-state index in [1.165, 1.54) is 16.7 Å². The molecule has 5 nitrogen and oxygen atoms in total. The first-order chi connectivity index (χ1) is 12.0. The lowest BCUT2D eigenvalue weighted by atomic mass is 9.94. The van der Waals surface area contributed by atoms with Gasteiger partial charge in [-0.15, -0.1) is 0 Å². The van der Waals surface area contributed by atoms with Crippen molar-refractivity contribution in [2.24, 2.45) is 5.92 Å². The molecule has 0 spiro atoms. The second-order valence-electron chi connectivity index (χ2n) is 6.81. The minimum Gasteiger partial charge on any atom is -0.309 e. The van der Waals surface area contributed by atoms with Gasteiger partial charge in [-0.1, -0.05) is 12.1 Å². The second kappa shape index (κ2) is 5.74. The van der Waals surface area contributed by atoms with Crippen LogP contribution in [0.5, 0.6) is 0 Å². The summed E-state index contributed by atoms with van der Waals surface area (Å²) in [7, 11) is 4.00. The van der Waals surface area contributed by atoms with Gasteiger partial charge < -0.3 is 4.90 Å². The number of halogens is 1. The van der Waals surface area contributed by atoms with Crippen molar-refractivity contribution in [3.63, 3.8) is 0 Å². The topological polar surface area (TPSA) is 55.2 Å². The molecule has 0 saturated heterocycles. The molecule has 1 aromatic heterocycles. The van der Waals surface area contributed by atoms with Crippen molar-refractivity contribution in [2.45, 2.75) is 12.5 Å². The Morgan fingerprint density at radius 1 is 1.28 bits per heavy atom. The van der Waals surface area contributed by atoms with Crippen LogP contribution in [-0.2, 0) is 6.42 Å². The minimum atomic E-state index is -0.685. The molecule has 2 aliphatic rings. The lowest BCUT2D eigenvalue weighted by molar-refractivity contribution is 0.0949. The van der Waals surface area contributed by atoms with Gasteiger partial charge >= 0.3 is 0 Å². The molecule has 0 saturated carbocycles. The van der Waals surface area contributed by atoms with Crippen LogP contribution in [0.25, 0.3) is 10.9 Å². The predicted molar refractivity (Wildman–Crippen MR) is 93.4 cm³/mol. The minimum absolute atomic E-state index is 0.115. The fourth-order valence-electron chi connectivity index (χ4n) is 3.47. The molecular weight excluding hydrogens is 321 g/mol. The maximum Gasteiger partial charge on any atom is 0.262 e. The number of likely N-dealkylation sites (N-methyl/N-ethyl adjacent to an activating group) is 1. The highest BCUT2D eigenvalue weighted by Crippen LogP contribution is 2.36. The van der Waals surface area contributed by atoms with Gasteiger partial charge in [-0.2, -0.15) is 0 Å². The van der Waals surface area contributed by atoms with E-state index in [0.717, 1.165) is 18.5 Å². The highest BCUT2D eigenvalue weighted by Gasteiger charge is 2.41. The zero-order valence-electron chi connectivity index (χ0n) is 14.1. The van der Waals surface area contributed by atoms with E-state index < -0.39 is 17.8 Å². The molecule has 1 aliphatic heterocycles. The monoisotopic (exact) mass is 339 g/mol. The van der Waals surface area contributed by atoms with Gasteiger partial charge in [0, 0.05) is 6.54 Å². The fraction of sp³-hybridized carbons (Fsp3) is 0.316. The molecule has 0 amide bonds. The number of nitrogens with zero attached hydrogens (tertiary/aromatic N) is 3. The van der Waals surface area contributed by atoms with Gasteiger partial charge in [-0.05, 0) is 50.4 Å². The summed E-state index contributed by atoms with van der Waals surface area (Å²) in [5, 5.41) is 0.497. The van der Waals surface area contributed by atoms with Crippen molar-refractivity contribution in [2.75, 3.05) is 20.6 Å². The van der Waals surface area contributed by atoms with Crippen molar-refractivity contribution in [3.05, 3.63) is 64.0 Å². The second-order valence-corrected chi connectivity index (χ2v) is 6.81. The fourth-order valence-corrected chi connectivity index (χ4v) is 3.47. The molecule has 0 bridgehead atoms.